The molecule has 2 saturated heterocycles. The van der Waals surface area contributed by atoms with Crippen LogP contribution in [0.5, 0.6) is 5.75 Å². The molecule has 0 spiro atoms. The second-order valence-corrected chi connectivity index (χ2v) is 9.63. The molecule has 11 heteroatoms. The number of aromatic nitrogens is 2. The Morgan fingerprint density at radius 2 is 2.07 bits per heavy atom. The van der Waals surface area contributed by atoms with E-state index >= 15 is 4.39 Å². The fourth-order valence-corrected chi connectivity index (χ4v) is 5.34. The number of aromatic hydroxyl groups is 1. The average Bonchev–Trinajstić information content (AvgIpc) is 3.11. The van der Waals surface area contributed by atoms with E-state index in [2.05, 4.69) is 10.4 Å². The minimum atomic E-state index is -4.26. The summed E-state index contributed by atoms with van der Waals surface area (Å²) in [6, 6.07) is 4.76. The minimum absolute atomic E-state index is 0.0809. The predicted octanol–water partition coefficient (Wildman–Crippen LogP) is 1.21. The van der Waals surface area contributed by atoms with Gasteiger partial charge in [0.2, 0.25) is 0 Å². The van der Waals surface area contributed by atoms with Crippen LogP contribution in [0.3, 0.4) is 0 Å². The largest absolute Gasteiger partial charge is 0.506 e. The molecule has 1 atom stereocenters. The van der Waals surface area contributed by atoms with Gasteiger partial charge >= 0.3 is 10.2 Å². The Bertz CT molecular complexity index is 1120. The standard InChI is InChI=1S/C19H22FN5O4S/c20-18-13(5-6-16(26)19(18)25-10-17(27)23-30(25,28)29)14-8-15(11-3-4-11)24(22-14)9-12-2-1-7-21-12/h5-6,8,11-12,21,26H,1-4,7,9-10H2,(H,23,27). The monoisotopic (exact) mass is 435 g/mol. The molecule has 1 aromatic carbocycles. The van der Waals surface area contributed by atoms with E-state index in [4.69, 9.17) is 0 Å². The fourth-order valence-electron chi connectivity index (χ4n) is 4.17. The normalized spacial score (nSPS) is 23.2. The molecule has 9 nitrogen and oxygen atoms in total. The molecule has 3 N–H and O–H groups in total. The Morgan fingerprint density at radius 3 is 2.70 bits per heavy atom. The molecular formula is C19H22FN5O4S. The number of nitrogens with zero attached hydrogens (tertiary/aromatic N) is 3. The van der Waals surface area contributed by atoms with Gasteiger partial charge in [-0.3, -0.25) is 9.48 Å². The van der Waals surface area contributed by atoms with E-state index in [1.165, 1.54) is 12.1 Å². The van der Waals surface area contributed by atoms with Gasteiger partial charge in [0.1, 0.15) is 18.0 Å². The zero-order valence-electron chi connectivity index (χ0n) is 16.1. The predicted molar refractivity (Wildman–Crippen MR) is 107 cm³/mol. The van der Waals surface area contributed by atoms with Crippen molar-refractivity contribution in [3.63, 3.8) is 0 Å². The first-order valence-electron chi connectivity index (χ1n) is 10.00. The molecule has 30 heavy (non-hydrogen) atoms. The van der Waals surface area contributed by atoms with Crippen molar-refractivity contribution in [1.29, 1.82) is 0 Å². The molecule has 1 saturated carbocycles. The van der Waals surface area contributed by atoms with Crippen LogP contribution in [-0.2, 0) is 21.5 Å². The highest BCUT2D eigenvalue weighted by Gasteiger charge is 2.38. The number of amides is 1. The quantitative estimate of drug-likeness (QED) is 0.650. The Hall–Kier alpha value is -2.66. The lowest BCUT2D eigenvalue weighted by Gasteiger charge is -2.18. The number of nitrogens with one attached hydrogen (secondary N) is 2. The maximum Gasteiger partial charge on any atom is 0.326 e. The highest BCUT2D eigenvalue weighted by Crippen LogP contribution is 2.43. The van der Waals surface area contributed by atoms with Crippen molar-refractivity contribution in [2.75, 3.05) is 17.4 Å². The summed E-state index contributed by atoms with van der Waals surface area (Å²) < 4.78 is 44.0. The summed E-state index contributed by atoms with van der Waals surface area (Å²) in [6.45, 7) is 1.08. The highest BCUT2D eigenvalue weighted by molar-refractivity contribution is 7.92. The van der Waals surface area contributed by atoms with Crippen LogP contribution in [-0.4, -0.2) is 48.3 Å². The van der Waals surface area contributed by atoms with Gasteiger partial charge in [-0.15, -0.1) is 0 Å². The van der Waals surface area contributed by atoms with Crippen molar-refractivity contribution in [3.05, 3.63) is 29.7 Å². The van der Waals surface area contributed by atoms with Gasteiger partial charge in [-0.1, -0.05) is 0 Å². The lowest BCUT2D eigenvalue weighted by atomic mass is 10.1. The van der Waals surface area contributed by atoms with Crippen molar-refractivity contribution in [3.8, 4) is 17.0 Å². The first-order valence-corrected chi connectivity index (χ1v) is 11.4. The molecule has 2 aliphatic heterocycles. The molecule has 0 radical (unpaired) electrons. The summed E-state index contributed by atoms with van der Waals surface area (Å²) in [7, 11) is -4.26. The summed E-state index contributed by atoms with van der Waals surface area (Å²) in [5.74, 6) is -1.88. The van der Waals surface area contributed by atoms with E-state index in [1.54, 1.807) is 4.72 Å². The van der Waals surface area contributed by atoms with Crippen LogP contribution >= 0.6 is 0 Å². The molecule has 1 aromatic heterocycles. The second kappa shape index (κ2) is 6.95. The number of rotatable bonds is 5. The Balaban J connectivity index is 1.55. The Kier molecular flexibility index (Phi) is 4.47. The summed E-state index contributed by atoms with van der Waals surface area (Å²) >= 11 is 0. The minimum Gasteiger partial charge on any atom is -0.506 e. The number of benzene rings is 1. The molecule has 1 aliphatic carbocycles. The van der Waals surface area contributed by atoms with Gasteiger partial charge in [0, 0.05) is 23.2 Å². The van der Waals surface area contributed by atoms with Crippen LogP contribution in [0.25, 0.3) is 11.3 Å². The first kappa shape index (κ1) is 19.3. The second-order valence-electron chi connectivity index (χ2n) is 8.04. The van der Waals surface area contributed by atoms with E-state index in [0.29, 0.717) is 28.5 Å². The fraction of sp³-hybridized carbons (Fsp3) is 0.474. The molecule has 3 heterocycles. The molecule has 1 amide bonds. The van der Waals surface area contributed by atoms with Gasteiger partial charge in [0.15, 0.2) is 5.82 Å². The van der Waals surface area contributed by atoms with Gasteiger partial charge in [-0.25, -0.2) is 13.4 Å². The summed E-state index contributed by atoms with van der Waals surface area (Å²) in [5, 5.41) is 18.2. The molecule has 1 unspecified atom stereocenters. The lowest BCUT2D eigenvalue weighted by Crippen LogP contribution is -2.30. The van der Waals surface area contributed by atoms with Crippen molar-refractivity contribution in [2.24, 2.45) is 0 Å². The van der Waals surface area contributed by atoms with E-state index in [-0.39, 0.29) is 5.56 Å². The Morgan fingerprint density at radius 1 is 1.27 bits per heavy atom. The van der Waals surface area contributed by atoms with Gasteiger partial charge in [-0.05, 0) is 50.4 Å². The third-order valence-electron chi connectivity index (χ3n) is 5.80. The highest BCUT2D eigenvalue weighted by atomic mass is 32.2. The molecule has 160 valence electrons. The number of carbonyl (C=O) groups excluding carboxylic acids is 1. The lowest BCUT2D eigenvalue weighted by molar-refractivity contribution is -0.117. The van der Waals surface area contributed by atoms with Crippen LogP contribution in [0, 0.1) is 5.82 Å². The van der Waals surface area contributed by atoms with Crippen LogP contribution in [0.15, 0.2) is 18.2 Å². The van der Waals surface area contributed by atoms with Gasteiger partial charge in [0.05, 0.1) is 12.2 Å². The number of halogens is 1. The number of phenolic OH excluding ortho intramolecular Hbond substituents is 1. The molecule has 2 aromatic rings. The van der Waals surface area contributed by atoms with Crippen LogP contribution in [0.2, 0.25) is 0 Å². The topological polar surface area (TPSA) is 117 Å². The summed E-state index contributed by atoms with van der Waals surface area (Å²) in [4.78, 5) is 11.6. The van der Waals surface area contributed by atoms with Gasteiger partial charge < -0.3 is 10.4 Å². The van der Waals surface area contributed by atoms with E-state index in [0.717, 1.165) is 37.9 Å². The summed E-state index contributed by atoms with van der Waals surface area (Å²) in [5.41, 5.74) is 0.950. The van der Waals surface area contributed by atoms with Crippen molar-refractivity contribution in [1.82, 2.24) is 19.8 Å². The summed E-state index contributed by atoms with van der Waals surface area (Å²) in [6.07, 6.45) is 4.30. The number of anilines is 1. The average molecular weight is 435 g/mol. The van der Waals surface area contributed by atoms with E-state index in [9.17, 15) is 18.3 Å². The Labute approximate surface area is 173 Å². The van der Waals surface area contributed by atoms with Gasteiger partial charge in [0.25, 0.3) is 5.91 Å². The third kappa shape index (κ3) is 3.31. The van der Waals surface area contributed by atoms with E-state index in [1.807, 2.05) is 10.7 Å². The maximum absolute atomic E-state index is 15.4. The molecule has 0 bridgehead atoms. The van der Waals surface area contributed by atoms with Crippen LogP contribution in [0.1, 0.15) is 37.3 Å². The molecule has 3 fully saturated rings. The van der Waals surface area contributed by atoms with Gasteiger partial charge in [-0.2, -0.15) is 13.5 Å². The van der Waals surface area contributed by atoms with Crippen molar-refractivity contribution in [2.45, 2.75) is 44.2 Å². The molecule has 5 rings (SSSR count). The van der Waals surface area contributed by atoms with Crippen LogP contribution < -0.4 is 14.3 Å². The van der Waals surface area contributed by atoms with Crippen molar-refractivity contribution >= 4 is 21.8 Å². The smallest absolute Gasteiger partial charge is 0.326 e. The maximum atomic E-state index is 15.4. The third-order valence-corrected chi connectivity index (χ3v) is 7.18. The zero-order valence-corrected chi connectivity index (χ0v) is 17.0. The molecular weight excluding hydrogens is 413 g/mol. The van der Waals surface area contributed by atoms with Crippen LogP contribution in [0.4, 0.5) is 10.1 Å². The molecule has 3 aliphatic rings. The number of phenols is 1. The SMILES string of the molecule is O=C1CN(c2c(O)ccc(-c3cc(C4CC4)n(CC4CCCN4)n3)c2F)S(=O)(=O)N1. The number of hydrogen-bond acceptors (Lipinski definition) is 6. The number of carbonyl (C=O) groups is 1. The zero-order chi connectivity index (χ0) is 21.0. The first-order chi connectivity index (χ1) is 14.3. The van der Waals surface area contributed by atoms with E-state index < -0.39 is 39.9 Å². The van der Waals surface area contributed by atoms with Crippen molar-refractivity contribution < 1.29 is 22.7 Å². The number of hydrogen-bond donors (Lipinski definition) is 3.